The minimum absolute atomic E-state index is 0.413. The van der Waals surface area contributed by atoms with Crippen molar-refractivity contribution >= 4 is 28.6 Å². The molecule has 1 aromatic rings. The second-order valence-corrected chi connectivity index (χ2v) is 7.28. The maximum atomic E-state index is 12.2. The number of carboxylic acids is 1. The Hall–Kier alpha value is -2.31. The van der Waals surface area contributed by atoms with Gasteiger partial charge in [-0.1, -0.05) is 0 Å². The van der Waals surface area contributed by atoms with E-state index in [0.29, 0.717) is 41.8 Å². The zero-order valence-electron chi connectivity index (χ0n) is 14.0. The van der Waals surface area contributed by atoms with Gasteiger partial charge in [0.25, 0.3) is 0 Å². The predicted molar refractivity (Wildman–Crippen MR) is 95.8 cm³/mol. The molecule has 0 fully saturated rings. The lowest BCUT2D eigenvalue weighted by Gasteiger charge is -2.34. The number of nitriles is 1. The Morgan fingerprint density at radius 2 is 2.33 bits per heavy atom. The summed E-state index contributed by atoms with van der Waals surface area (Å²) in [4.78, 5) is 19.3. The van der Waals surface area contributed by atoms with E-state index in [1.54, 1.807) is 11.2 Å². The molecule has 0 radical (unpaired) electrons. The first-order chi connectivity index (χ1) is 11.5. The number of rotatable bonds is 6. The summed E-state index contributed by atoms with van der Waals surface area (Å²) >= 11 is 1.44. The van der Waals surface area contributed by atoms with Gasteiger partial charge in [-0.25, -0.2) is 4.99 Å². The first-order valence-corrected chi connectivity index (χ1v) is 8.71. The van der Waals surface area contributed by atoms with Gasteiger partial charge in [0.2, 0.25) is 0 Å². The molecule has 0 amide bonds. The number of nitrogens with zero attached hydrogens (tertiary/aromatic N) is 3. The molecule has 1 unspecified atom stereocenters. The molecule has 0 spiro atoms. The molecule has 0 aromatic carbocycles. The van der Waals surface area contributed by atoms with Crippen LogP contribution in [-0.2, 0) is 16.6 Å². The Labute approximate surface area is 146 Å². The summed E-state index contributed by atoms with van der Waals surface area (Å²) in [6.07, 6.45) is 10.7. The molecule has 5 nitrogen and oxygen atoms in total. The largest absolute Gasteiger partial charge is 0.481 e. The van der Waals surface area contributed by atoms with Gasteiger partial charge >= 0.3 is 5.97 Å². The van der Waals surface area contributed by atoms with Crippen LogP contribution >= 0.6 is 11.3 Å². The van der Waals surface area contributed by atoms with Crippen LogP contribution in [0.5, 0.6) is 0 Å². The molecule has 0 aliphatic heterocycles. The highest BCUT2D eigenvalue weighted by molar-refractivity contribution is 7.16. The minimum atomic E-state index is -1.02. The van der Waals surface area contributed by atoms with E-state index in [9.17, 15) is 15.2 Å². The number of aryl methyl sites for hydroxylation is 1. The van der Waals surface area contributed by atoms with Crippen molar-refractivity contribution in [2.24, 2.45) is 4.99 Å². The first kappa shape index (κ1) is 18.0. The number of hydrogen-bond donors (Lipinski definition) is 1. The van der Waals surface area contributed by atoms with E-state index in [1.807, 2.05) is 14.1 Å². The van der Waals surface area contributed by atoms with Crippen molar-refractivity contribution in [1.82, 2.24) is 4.90 Å². The van der Waals surface area contributed by atoms with Gasteiger partial charge in [0.15, 0.2) is 0 Å². The van der Waals surface area contributed by atoms with Crippen LogP contribution in [0.2, 0.25) is 0 Å². The van der Waals surface area contributed by atoms with Crippen molar-refractivity contribution in [2.75, 3.05) is 14.1 Å². The van der Waals surface area contributed by atoms with Crippen LogP contribution in [-0.4, -0.2) is 36.4 Å². The molecule has 1 aliphatic rings. The van der Waals surface area contributed by atoms with E-state index in [-0.39, 0.29) is 0 Å². The first-order valence-electron chi connectivity index (χ1n) is 7.90. The van der Waals surface area contributed by atoms with Gasteiger partial charge in [0, 0.05) is 31.0 Å². The number of aliphatic imine (C=N–C) groups is 1. The Bertz CT molecular complexity index is 737. The molecule has 126 valence electrons. The topological polar surface area (TPSA) is 76.7 Å². The highest BCUT2D eigenvalue weighted by Gasteiger charge is 2.46. The maximum absolute atomic E-state index is 12.2. The van der Waals surface area contributed by atoms with Gasteiger partial charge in [-0.15, -0.1) is 23.7 Å². The second kappa shape index (κ2) is 7.51. The molecule has 1 aromatic heterocycles. The van der Waals surface area contributed by atoms with Gasteiger partial charge < -0.3 is 10.0 Å². The number of unbranched alkanes of at least 4 members (excludes halogenated alkanes) is 1. The molecular weight excluding hydrogens is 322 g/mol. The van der Waals surface area contributed by atoms with E-state index in [2.05, 4.69) is 17.0 Å². The van der Waals surface area contributed by atoms with Crippen molar-refractivity contribution in [2.45, 2.75) is 43.9 Å². The van der Waals surface area contributed by atoms with Crippen molar-refractivity contribution in [3.63, 3.8) is 0 Å². The van der Waals surface area contributed by atoms with Crippen molar-refractivity contribution in [3.05, 3.63) is 16.0 Å². The van der Waals surface area contributed by atoms with E-state index in [1.165, 1.54) is 11.3 Å². The zero-order chi connectivity index (χ0) is 17.7. The molecule has 6 heteroatoms. The maximum Gasteiger partial charge on any atom is 0.314 e. The quantitative estimate of drug-likeness (QED) is 0.372. The number of carbonyl (C=O) groups is 1. The van der Waals surface area contributed by atoms with Crippen LogP contribution in [0.1, 0.15) is 48.1 Å². The van der Waals surface area contributed by atoms with Crippen LogP contribution < -0.4 is 0 Å². The Balaban J connectivity index is 2.56. The lowest BCUT2D eigenvalue weighted by Crippen LogP contribution is -2.39. The lowest BCUT2D eigenvalue weighted by molar-refractivity contribution is -0.145. The van der Waals surface area contributed by atoms with Gasteiger partial charge in [0.05, 0.1) is 17.3 Å². The zero-order valence-corrected chi connectivity index (χ0v) is 14.8. The van der Waals surface area contributed by atoms with Crippen molar-refractivity contribution in [1.29, 1.82) is 5.26 Å². The second-order valence-electron chi connectivity index (χ2n) is 6.20. The van der Waals surface area contributed by atoms with E-state index in [4.69, 9.17) is 6.42 Å². The molecule has 0 saturated heterocycles. The molecule has 1 heterocycles. The smallest absolute Gasteiger partial charge is 0.314 e. The predicted octanol–water partition coefficient (Wildman–Crippen LogP) is 3.30. The van der Waals surface area contributed by atoms with Gasteiger partial charge in [-0.3, -0.25) is 4.79 Å². The average molecular weight is 343 g/mol. The molecule has 0 saturated carbocycles. The summed E-state index contributed by atoms with van der Waals surface area (Å²) in [5.41, 5.74) is 0.0744. The third-order valence-electron chi connectivity index (χ3n) is 4.30. The molecule has 0 bridgehead atoms. The number of thiophene rings is 1. The summed E-state index contributed by atoms with van der Waals surface area (Å²) in [6.45, 7) is 0. The van der Waals surface area contributed by atoms with Crippen molar-refractivity contribution in [3.8, 4) is 18.4 Å². The summed E-state index contributed by atoms with van der Waals surface area (Å²) in [5.74, 6) is 1.71. The Kier molecular flexibility index (Phi) is 5.64. The molecule has 1 N–H and O–H groups in total. The van der Waals surface area contributed by atoms with Crippen LogP contribution in [0, 0.1) is 23.7 Å². The van der Waals surface area contributed by atoms with E-state index >= 15 is 0 Å². The molecular formula is C18H21N3O2S. The number of carboxylic acid groups (broad SMARTS) is 1. The SMILES string of the molecule is C#CCCCC1(C(=O)O)CCCc2sc(/N=C/N(C)C)c(C#N)c21. The number of hydrogen-bond acceptors (Lipinski definition) is 4. The standard InChI is InChI=1S/C18H21N3O2S/c1-4-5-6-9-18(17(22)23)10-7-8-14-15(18)13(11-19)16(24-14)20-12-21(2)3/h1,12H,5-10H2,2-3H3,(H,22,23)/b20-12+. The highest BCUT2D eigenvalue weighted by Crippen LogP contribution is 2.49. The van der Waals surface area contributed by atoms with E-state index < -0.39 is 11.4 Å². The number of terminal acetylenes is 1. The number of fused-ring (bicyclic) bond motifs is 1. The highest BCUT2D eigenvalue weighted by atomic mass is 32.1. The molecule has 24 heavy (non-hydrogen) atoms. The van der Waals surface area contributed by atoms with Crippen LogP contribution in [0.3, 0.4) is 0 Å². The monoisotopic (exact) mass is 343 g/mol. The third-order valence-corrected chi connectivity index (χ3v) is 5.46. The normalized spacial score (nSPS) is 19.5. The average Bonchev–Trinajstić information content (AvgIpc) is 2.91. The molecule has 1 aliphatic carbocycles. The van der Waals surface area contributed by atoms with Crippen LogP contribution in [0.4, 0.5) is 5.00 Å². The fraction of sp³-hybridized carbons (Fsp3) is 0.500. The Morgan fingerprint density at radius 3 is 2.92 bits per heavy atom. The fourth-order valence-electron chi connectivity index (χ4n) is 3.25. The third kappa shape index (κ3) is 3.29. The Morgan fingerprint density at radius 1 is 1.58 bits per heavy atom. The molecule has 2 rings (SSSR count). The lowest BCUT2D eigenvalue weighted by atomic mass is 9.68. The van der Waals surface area contributed by atoms with Gasteiger partial charge in [-0.05, 0) is 32.1 Å². The summed E-state index contributed by atoms with van der Waals surface area (Å²) in [7, 11) is 3.70. The van der Waals surface area contributed by atoms with Crippen molar-refractivity contribution < 1.29 is 9.90 Å². The van der Waals surface area contributed by atoms with Gasteiger partial charge in [-0.2, -0.15) is 5.26 Å². The summed E-state index contributed by atoms with van der Waals surface area (Å²) in [6, 6.07) is 2.20. The minimum Gasteiger partial charge on any atom is -0.481 e. The summed E-state index contributed by atoms with van der Waals surface area (Å²) < 4.78 is 0. The van der Waals surface area contributed by atoms with E-state index in [0.717, 1.165) is 17.7 Å². The fourth-order valence-corrected chi connectivity index (χ4v) is 4.48. The van der Waals surface area contributed by atoms with Crippen LogP contribution in [0.25, 0.3) is 0 Å². The van der Waals surface area contributed by atoms with Gasteiger partial charge in [0.1, 0.15) is 11.1 Å². The summed E-state index contributed by atoms with van der Waals surface area (Å²) in [5, 5.41) is 20.2. The molecule has 1 atom stereocenters. The number of aliphatic carboxylic acids is 1. The van der Waals surface area contributed by atoms with Crippen LogP contribution in [0.15, 0.2) is 4.99 Å².